The maximum atomic E-state index is 11.4. The highest BCUT2D eigenvalue weighted by atomic mass is 16.5. The van der Waals surface area contributed by atoms with E-state index in [2.05, 4.69) is 10.6 Å². The van der Waals surface area contributed by atoms with Gasteiger partial charge in [0.25, 0.3) is 0 Å². The minimum Gasteiger partial charge on any atom is -0.377 e. The molecule has 0 aromatic heterocycles. The van der Waals surface area contributed by atoms with Crippen LogP contribution in [0.15, 0.2) is 0 Å². The summed E-state index contributed by atoms with van der Waals surface area (Å²) < 4.78 is 5.25. The Hall–Kier alpha value is -1.14. The van der Waals surface area contributed by atoms with Crippen LogP contribution in [0.25, 0.3) is 0 Å². The fourth-order valence-electron chi connectivity index (χ4n) is 1.23. The molecule has 17 heavy (non-hydrogen) atoms. The van der Waals surface area contributed by atoms with Crippen LogP contribution in [0.1, 0.15) is 26.7 Å². The summed E-state index contributed by atoms with van der Waals surface area (Å²) in [5, 5.41) is 5.20. The molecule has 0 radical (unpaired) electrons. The molecule has 6 heteroatoms. The zero-order valence-electron chi connectivity index (χ0n) is 10.6. The number of carbonyl (C=O) groups is 2. The number of carbonyl (C=O) groups excluding carboxylic acids is 2. The van der Waals surface area contributed by atoms with Gasteiger partial charge >= 0.3 is 0 Å². The molecule has 0 bridgehead atoms. The Kier molecular flexibility index (Phi) is 9.37. The molecule has 0 saturated heterocycles. The number of ether oxygens (including phenoxy) is 1. The number of hydrogen-bond donors (Lipinski definition) is 3. The highest BCUT2D eigenvalue weighted by molar-refractivity contribution is 5.84. The van der Waals surface area contributed by atoms with E-state index in [4.69, 9.17) is 10.5 Å². The third-order valence-electron chi connectivity index (χ3n) is 2.10. The molecule has 0 fully saturated rings. The van der Waals surface area contributed by atoms with Gasteiger partial charge in [0.2, 0.25) is 11.8 Å². The minimum absolute atomic E-state index is 0.00223. The summed E-state index contributed by atoms with van der Waals surface area (Å²) in [6, 6.07) is 0. The van der Waals surface area contributed by atoms with Gasteiger partial charge in [-0.3, -0.25) is 9.59 Å². The van der Waals surface area contributed by atoms with Crippen LogP contribution in [0, 0.1) is 0 Å². The zero-order chi connectivity index (χ0) is 13.1. The molecule has 0 aliphatic carbocycles. The predicted octanol–water partition coefficient (Wildman–Crippen LogP) is -0.617. The summed E-state index contributed by atoms with van der Waals surface area (Å²) in [6.07, 6.45) is 0.781. The van der Waals surface area contributed by atoms with Gasteiger partial charge in [-0.25, -0.2) is 0 Å². The molecule has 0 aromatic rings. The average molecular weight is 245 g/mol. The highest BCUT2D eigenvalue weighted by Gasteiger charge is 2.12. The van der Waals surface area contributed by atoms with E-state index in [0.717, 1.165) is 6.42 Å². The second kappa shape index (κ2) is 10.0. The van der Waals surface area contributed by atoms with Gasteiger partial charge in [-0.05, 0) is 13.3 Å². The van der Waals surface area contributed by atoms with Crippen molar-refractivity contribution in [1.29, 1.82) is 0 Å². The van der Waals surface area contributed by atoms with Crippen molar-refractivity contribution in [3.05, 3.63) is 0 Å². The van der Waals surface area contributed by atoms with E-state index in [9.17, 15) is 9.59 Å². The molecule has 0 spiro atoms. The minimum atomic E-state index is -0.279. The Bertz CT molecular complexity index is 234. The number of rotatable bonds is 9. The molecule has 0 rings (SSSR count). The second-order valence-corrected chi connectivity index (χ2v) is 3.64. The van der Waals surface area contributed by atoms with E-state index >= 15 is 0 Å². The van der Waals surface area contributed by atoms with Crippen LogP contribution >= 0.6 is 0 Å². The fraction of sp³-hybridized carbons (Fsp3) is 0.818. The van der Waals surface area contributed by atoms with Crippen molar-refractivity contribution in [2.24, 2.45) is 5.73 Å². The molecule has 2 amide bonds. The summed E-state index contributed by atoms with van der Waals surface area (Å²) in [5.74, 6) is -0.401. The lowest BCUT2D eigenvalue weighted by Gasteiger charge is -2.14. The Morgan fingerprint density at radius 1 is 1.24 bits per heavy atom. The summed E-state index contributed by atoms with van der Waals surface area (Å²) in [4.78, 5) is 22.6. The molecule has 100 valence electrons. The maximum Gasteiger partial charge on any atom is 0.239 e. The van der Waals surface area contributed by atoms with Crippen molar-refractivity contribution in [1.82, 2.24) is 10.6 Å². The predicted molar refractivity (Wildman–Crippen MR) is 65.4 cm³/mol. The molecular formula is C11H23N3O3. The Morgan fingerprint density at radius 2 is 1.94 bits per heavy atom. The monoisotopic (exact) mass is 245 g/mol. The quantitative estimate of drug-likeness (QED) is 0.505. The fourth-order valence-corrected chi connectivity index (χ4v) is 1.23. The van der Waals surface area contributed by atoms with Crippen molar-refractivity contribution >= 4 is 11.8 Å². The lowest BCUT2D eigenvalue weighted by molar-refractivity contribution is -0.127. The van der Waals surface area contributed by atoms with Gasteiger partial charge < -0.3 is 21.1 Å². The van der Waals surface area contributed by atoms with Crippen LogP contribution in [-0.2, 0) is 14.3 Å². The van der Waals surface area contributed by atoms with Crippen molar-refractivity contribution in [3.8, 4) is 0 Å². The van der Waals surface area contributed by atoms with Gasteiger partial charge in [-0.15, -0.1) is 0 Å². The smallest absolute Gasteiger partial charge is 0.239 e. The normalized spacial score (nSPS) is 11.9. The van der Waals surface area contributed by atoms with Crippen LogP contribution in [0.5, 0.6) is 0 Å². The van der Waals surface area contributed by atoms with Gasteiger partial charge in [0.1, 0.15) is 0 Å². The molecule has 0 heterocycles. The Labute approximate surface area is 102 Å². The van der Waals surface area contributed by atoms with E-state index in [0.29, 0.717) is 19.7 Å². The molecule has 0 saturated carbocycles. The Morgan fingerprint density at radius 3 is 2.47 bits per heavy atom. The Balaban J connectivity index is 3.74. The highest BCUT2D eigenvalue weighted by Crippen LogP contribution is 1.96. The largest absolute Gasteiger partial charge is 0.377 e. The molecule has 6 nitrogen and oxygen atoms in total. The third-order valence-corrected chi connectivity index (χ3v) is 2.10. The molecular weight excluding hydrogens is 222 g/mol. The topological polar surface area (TPSA) is 93.5 Å². The lowest BCUT2D eigenvalue weighted by atomic mass is 10.2. The lowest BCUT2D eigenvalue weighted by Crippen LogP contribution is -2.39. The first kappa shape index (κ1) is 15.9. The zero-order valence-corrected chi connectivity index (χ0v) is 10.6. The first-order valence-electron chi connectivity index (χ1n) is 5.99. The van der Waals surface area contributed by atoms with Crippen molar-refractivity contribution in [2.45, 2.75) is 32.8 Å². The van der Waals surface area contributed by atoms with E-state index in [1.54, 1.807) is 0 Å². The third kappa shape index (κ3) is 8.65. The van der Waals surface area contributed by atoms with Gasteiger partial charge in [0.05, 0.1) is 19.1 Å². The van der Waals surface area contributed by atoms with Crippen molar-refractivity contribution in [2.75, 3.05) is 26.2 Å². The number of nitrogens with one attached hydrogen (secondary N) is 2. The molecule has 0 aliphatic rings. The van der Waals surface area contributed by atoms with E-state index in [1.165, 1.54) is 0 Å². The molecule has 0 aliphatic heterocycles. The van der Waals surface area contributed by atoms with Crippen LogP contribution in [0.4, 0.5) is 0 Å². The molecule has 1 atom stereocenters. The van der Waals surface area contributed by atoms with Gasteiger partial charge in [-0.1, -0.05) is 6.92 Å². The second-order valence-electron chi connectivity index (χ2n) is 3.64. The van der Waals surface area contributed by atoms with Crippen molar-refractivity contribution < 1.29 is 14.3 Å². The van der Waals surface area contributed by atoms with Crippen LogP contribution in [0.2, 0.25) is 0 Å². The van der Waals surface area contributed by atoms with Crippen LogP contribution < -0.4 is 16.4 Å². The first-order valence-corrected chi connectivity index (χ1v) is 5.99. The average Bonchev–Trinajstić information content (AvgIpc) is 2.33. The first-order chi connectivity index (χ1) is 8.13. The van der Waals surface area contributed by atoms with E-state index in [1.807, 2.05) is 13.8 Å². The summed E-state index contributed by atoms with van der Waals surface area (Å²) in [6.45, 7) is 5.25. The van der Waals surface area contributed by atoms with Gasteiger partial charge in [0, 0.05) is 19.7 Å². The summed E-state index contributed by atoms with van der Waals surface area (Å²) >= 11 is 0. The molecule has 0 aromatic carbocycles. The van der Waals surface area contributed by atoms with E-state index in [-0.39, 0.29) is 30.9 Å². The SMILES string of the molecule is CCCNC(=O)CNC(=O)CC(CN)OCC. The number of nitrogens with two attached hydrogens (primary N) is 1. The summed E-state index contributed by atoms with van der Waals surface area (Å²) in [5.41, 5.74) is 5.44. The summed E-state index contributed by atoms with van der Waals surface area (Å²) in [7, 11) is 0. The van der Waals surface area contributed by atoms with Crippen LogP contribution in [-0.4, -0.2) is 44.2 Å². The van der Waals surface area contributed by atoms with Crippen molar-refractivity contribution in [3.63, 3.8) is 0 Å². The van der Waals surface area contributed by atoms with Crippen LogP contribution in [0.3, 0.4) is 0 Å². The van der Waals surface area contributed by atoms with Gasteiger partial charge in [0.15, 0.2) is 0 Å². The molecule has 1 unspecified atom stereocenters. The standard InChI is InChI=1S/C11H23N3O3/c1-3-5-13-11(16)8-14-10(15)6-9(7-12)17-4-2/h9H,3-8,12H2,1-2H3,(H,13,16)(H,14,15). The van der Waals surface area contributed by atoms with Gasteiger partial charge in [-0.2, -0.15) is 0 Å². The number of amides is 2. The number of hydrogen-bond acceptors (Lipinski definition) is 4. The maximum absolute atomic E-state index is 11.4. The molecule has 4 N–H and O–H groups in total. The van der Waals surface area contributed by atoms with E-state index < -0.39 is 0 Å².